The van der Waals surface area contributed by atoms with E-state index in [1.807, 2.05) is 6.07 Å². The quantitative estimate of drug-likeness (QED) is 0.728. The van der Waals surface area contributed by atoms with E-state index in [1.165, 1.54) is 5.56 Å². The first-order valence-corrected chi connectivity index (χ1v) is 4.50. The zero-order chi connectivity index (χ0) is 8.97. The Morgan fingerprint density at radius 1 is 1.17 bits per heavy atom. The van der Waals surface area contributed by atoms with Crippen molar-refractivity contribution in [1.82, 2.24) is 0 Å². The number of hydrogen-bond donors (Lipinski definition) is 1. The largest absolute Gasteiger partial charge is 0.328 e. The molecule has 1 aromatic rings. The molecular weight excluding hydrogens is 146 g/mol. The summed E-state index contributed by atoms with van der Waals surface area (Å²) in [5.74, 6) is 0.575. The zero-order valence-corrected chi connectivity index (χ0v) is 7.83. The van der Waals surface area contributed by atoms with E-state index in [0.717, 1.165) is 6.42 Å². The summed E-state index contributed by atoms with van der Waals surface area (Å²) in [6.07, 6.45) is 1.06. The van der Waals surface area contributed by atoms with Crippen molar-refractivity contribution in [3.05, 3.63) is 35.9 Å². The minimum atomic E-state index is 0.292. The normalized spacial score (nSPS) is 15.6. The van der Waals surface area contributed by atoms with Gasteiger partial charge in [0.25, 0.3) is 0 Å². The van der Waals surface area contributed by atoms with Gasteiger partial charge in [0.2, 0.25) is 0 Å². The lowest BCUT2D eigenvalue weighted by Gasteiger charge is -2.13. The lowest BCUT2D eigenvalue weighted by molar-refractivity contribution is 0.586. The Hall–Kier alpha value is -0.820. The summed E-state index contributed by atoms with van der Waals surface area (Å²) in [5, 5.41) is 0. The third-order valence-corrected chi connectivity index (χ3v) is 2.09. The van der Waals surface area contributed by atoms with Gasteiger partial charge in [0.05, 0.1) is 0 Å². The Balaban J connectivity index is 2.59. The van der Waals surface area contributed by atoms with Crippen molar-refractivity contribution in [2.75, 3.05) is 0 Å². The predicted molar refractivity (Wildman–Crippen MR) is 53.1 cm³/mol. The highest BCUT2D eigenvalue weighted by Crippen LogP contribution is 2.18. The molecule has 1 nitrogen and oxygen atoms in total. The van der Waals surface area contributed by atoms with Crippen LogP contribution in [0.4, 0.5) is 0 Å². The molecule has 0 aliphatic heterocycles. The number of benzene rings is 1. The maximum Gasteiger partial charge on any atom is 0.00162 e. The van der Waals surface area contributed by atoms with E-state index >= 15 is 0 Å². The van der Waals surface area contributed by atoms with Crippen molar-refractivity contribution >= 4 is 0 Å². The molecule has 0 saturated carbocycles. The smallest absolute Gasteiger partial charge is 0.00162 e. The van der Waals surface area contributed by atoms with Crippen molar-refractivity contribution in [3.63, 3.8) is 0 Å². The number of nitrogens with two attached hydrogens (primary N) is 1. The SMILES string of the molecule is CC(N)CC(C)c1ccccc1. The summed E-state index contributed by atoms with van der Waals surface area (Å²) in [4.78, 5) is 0. The number of rotatable bonds is 3. The molecule has 0 aliphatic carbocycles. The van der Waals surface area contributed by atoms with E-state index in [2.05, 4.69) is 38.1 Å². The molecule has 0 heterocycles. The van der Waals surface area contributed by atoms with E-state index in [4.69, 9.17) is 5.73 Å². The average molecular weight is 163 g/mol. The van der Waals surface area contributed by atoms with Crippen molar-refractivity contribution in [1.29, 1.82) is 0 Å². The van der Waals surface area contributed by atoms with Crippen LogP contribution in [0.1, 0.15) is 31.7 Å². The van der Waals surface area contributed by atoms with Crippen molar-refractivity contribution in [3.8, 4) is 0 Å². The van der Waals surface area contributed by atoms with Crippen LogP contribution in [0, 0.1) is 0 Å². The molecule has 66 valence electrons. The summed E-state index contributed by atoms with van der Waals surface area (Å²) in [7, 11) is 0. The van der Waals surface area contributed by atoms with Crippen LogP contribution in [-0.2, 0) is 0 Å². The molecule has 0 aliphatic rings. The van der Waals surface area contributed by atoms with E-state index in [0.29, 0.717) is 12.0 Å². The van der Waals surface area contributed by atoms with Crippen LogP contribution < -0.4 is 5.73 Å². The van der Waals surface area contributed by atoms with Gasteiger partial charge in [-0.3, -0.25) is 0 Å². The van der Waals surface area contributed by atoms with Crippen molar-refractivity contribution < 1.29 is 0 Å². The van der Waals surface area contributed by atoms with E-state index in [1.54, 1.807) is 0 Å². The lowest BCUT2D eigenvalue weighted by atomic mass is 9.95. The number of hydrogen-bond acceptors (Lipinski definition) is 1. The molecule has 1 heteroatoms. The minimum Gasteiger partial charge on any atom is -0.328 e. The standard InChI is InChI=1S/C11H17N/c1-9(8-10(2)12)11-6-4-3-5-7-11/h3-7,9-10H,8,12H2,1-2H3. The minimum absolute atomic E-state index is 0.292. The second-order valence-corrected chi connectivity index (χ2v) is 3.52. The first-order chi connectivity index (χ1) is 5.70. The first kappa shape index (κ1) is 9.27. The molecule has 0 saturated heterocycles. The van der Waals surface area contributed by atoms with Crippen molar-refractivity contribution in [2.24, 2.45) is 5.73 Å². The molecular formula is C11H17N. The molecule has 2 unspecified atom stereocenters. The Morgan fingerprint density at radius 2 is 1.75 bits per heavy atom. The maximum absolute atomic E-state index is 5.73. The van der Waals surface area contributed by atoms with Crippen molar-refractivity contribution in [2.45, 2.75) is 32.2 Å². The van der Waals surface area contributed by atoms with Gasteiger partial charge in [-0.05, 0) is 24.8 Å². The molecule has 2 N–H and O–H groups in total. The van der Waals surface area contributed by atoms with Crippen LogP contribution in [0.5, 0.6) is 0 Å². The molecule has 0 amide bonds. The summed E-state index contributed by atoms with van der Waals surface area (Å²) >= 11 is 0. The van der Waals surface area contributed by atoms with Gasteiger partial charge in [-0.25, -0.2) is 0 Å². The monoisotopic (exact) mass is 163 g/mol. The Kier molecular flexibility index (Phi) is 3.30. The Morgan fingerprint density at radius 3 is 2.25 bits per heavy atom. The van der Waals surface area contributed by atoms with E-state index < -0.39 is 0 Å². The highest BCUT2D eigenvalue weighted by Gasteiger charge is 2.06. The van der Waals surface area contributed by atoms with Crippen LogP contribution in [0.3, 0.4) is 0 Å². The molecule has 1 aromatic carbocycles. The molecule has 0 aromatic heterocycles. The lowest BCUT2D eigenvalue weighted by Crippen LogP contribution is -2.17. The average Bonchev–Trinajstić information content (AvgIpc) is 2.05. The second kappa shape index (κ2) is 4.27. The second-order valence-electron chi connectivity index (χ2n) is 3.52. The first-order valence-electron chi connectivity index (χ1n) is 4.50. The fourth-order valence-corrected chi connectivity index (χ4v) is 1.48. The third-order valence-electron chi connectivity index (χ3n) is 2.09. The molecule has 2 atom stereocenters. The topological polar surface area (TPSA) is 26.0 Å². The van der Waals surface area contributed by atoms with Gasteiger partial charge in [-0.15, -0.1) is 0 Å². The highest BCUT2D eigenvalue weighted by molar-refractivity contribution is 5.18. The molecule has 12 heavy (non-hydrogen) atoms. The third kappa shape index (κ3) is 2.67. The molecule has 0 bridgehead atoms. The fraction of sp³-hybridized carbons (Fsp3) is 0.455. The molecule has 1 rings (SSSR count). The summed E-state index contributed by atoms with van der Waals surface area (Å²) in [5.41, 5.74) is 7.11. The fourth-order valence-electron chi connectivity index (χ4n) is 1.48. The van der Waals surface area contributed by atoms with Gasteiger partial charge in [-0.2, -0.15) is 0 Å². The van der Waals surface area contributed by atoms with Crippen LogP contribution in [0.2, 0.25) is 0 Å². The molecule has 0 fully saturated rings. The Labute approximate surface area is 74.6 Å². The summed E-state index contributed by atoms with van der Waals surface area (Å²) in [6, 6.07) is 10.8. The Bertz CT molecular complexity index is 216. The van der Waals surface area contributed by atoms with E-state index in [-0.39, 0.29) is 0 Å². The van der Waals surface area contributed by atoms with E-state index in [9.17, 15) is 0 Å². The van der Waals surface area contributed by atoms with Crippen LogP contribution >= 0.6 is 0 Å². The molecule has 0 spiro atoms. The van der Waals surface area contributed by atoms with Gasteiger partial charge >= 0.3 is 0 Å². The predicted octanol–water partition coefficient (Wildman–Crippen LogP) is 2.53. The van der Waals surface area contributed by atoms with Gasteiger partial charge in [-0.1, -0.05) is 37.3 Å². The zero-order valence-electron chi connectivity index (χ0n) is 7.83. The summed E-state index contributed by atoms with van der Waals surface area (Å²) < 4.78 is 0. The van der Waals surface area contributed by atoms with Crippen LogP contribution in [-0.4, -0.2) is 6.04 Å². The van der Waals surface area contributed by atoms with Crippen LogP contribution in [0.25, 0.3) is 0 Å². The summed E-state index contributed by atoms with van der Waals surface area (Å²) in [6.45, 7) is 4.28. The molecule has 0 radical (unpaired) electrons. The van der Waals surface area contributed by atoms with Crippen LogP contribution in [0.15, 0.2) is 30.3 Å². The van der Waals surface area contributed by atoms with Gasteiger partial charge in [0, 0.05) is 6.04 Å². The van der Waals surface area contributed by atoms with Gasteiger partial charge in [0.1, 0.15) is 0 Å². The maximum atomic E-state index is 5.73. The highest BCUT2D eigenvalue weighted by atomic mass is 14.6. The van der Waals surface area contributed by atoms with Gasteiger partial charge < -0.3 is 5.73 Å². The van der Waals surface area contributed by atoms with Gasteiger partial charge in [0.15, 0.2) is 0 Å².